The van der Waals surface area contributed by atoms with E-state index in [4.69, 9.17) is 9.47 Å². The molecule has 1 spiro atoms. The summed E-state index contributed by atoms with van der Waals surface area (Å²) in [6, 6.07) is 6.77. The molecule has 1 N–H and O–H groups in total. The molecule has 0 bridgehead atoms. The van der Waals surface area contributed by atoms with Crippen molar-refractivity contribution >= 4 is 15.7 Å². The van der Waals surface area contributed by atoms with Gasteiger partial charge in [-0.2, -0.15) is 13.5 Å². The molecule has 4 rings (SSSR count). The number of hydrazone groups is 1. The van der Waals surface area contributed by atoms with Crippen LogP contribution in [0.1, 0.15) is 45.1 Å². The van der Waals surface area contributed by atoms with Crippen molar-refractivity contribution in [3.05, 3.63) is 29.8 Å². The Hall–Kier alpha value is -1.44. The van der Waals surface area contributed by atoms with E-state index in [0.717, 1.165) is 50.2 Å². The monoisotopic (exact) mass is 392 g/mol. The Morgan fingerprint density at radius 2 is 1.59 bits per heavy atom. The van der Waals surface area contributed by atoms with Gasteiger partial charge in [0.2, 0.25) is 0 Å². The van der Waals surface area contributed by atoms with E-state index in [1.54, 1.807) is 24.3 Å². The SMILES string of the molecule is Cc1ccc(S(=O)(=O)NN=C2C[C@@H]3CC4(C[C@@H]3C2)OCC(C)(C)CO4)cc1. The molecule has 2 aliphatic carbocycles. The fraction of sp³-hybridized carbons (Fsp3) is 0.650. The molecule has 6 nitrogen and oxygen atoms in total. The smallest absolute Gasteiger partial charge is 0.276 e. The highest BCUT2D eigenvalue weighted by atomic mass is 32.2. The topological polar surface area (TPSA) is 77.0 Å². The molecule has 3 fully saturated rings. The highest BCUT2D eigenvalue weighted by Crippen LogP contribution is 2.51. The number of hydrogen-bond donors (Lipinski definition) is 1. The van der Waals surface area contributed by atoms with Gasteiger partial charge in [0.05, 0.1) is 18.1 Å². The van der Waals surface area contributed by atoms with Gasteiger partial charge in [-0.05, 0) is 43.7 Å². The zero-order valence-corrected chi connectivity index (χ0v) is 17.0. The van der Waals surface area contributed by atoms with Crippen molar-refractivity contribution in [2.45, 2.75) is 57.1 Å². The number of nitrogens with zero attached hydrogens (tertiary/aromatic N) is 1. The molecule has 27 heavy (non-hydrogen) atoms. The predicted octanol–water partition coefficient (Wildman–Crippen LogP) is 3.22. The number of rotatable bonds is 3. The third-order valence-corrected chi connectivity index (χ3v) is 7.14. The Morgan fingerprint density at radius 3 is 2.15 bits per heavy atom. The Morgan fingerprint density at radius 1 is 1.04 bits per heavy atom. The van der Waals surface area contributed by atoms with Crippen molar-refractivity contribution < 1.29 is 17.9 Å². The second kappa shape index (κ2) is 6.57. The van der Waals surface area contributed by atoms with Crippen LogP contribution in [0.25, 0.3) is 0 Å². The molecule has 0 aromatic heterocycles. The van der Waals surface area contributed by atoms with Gasteiger partial charge >= 0.3 is 0 Å². The summed E-state index contributed by atoms with van der Waals surface area (Å²) >= 11 is 0. The average Bonchev–Trinajstić information content (AvgIpc) is 3.12. The highest BCUT2D eigenvalue weighted by Gasteiger charge is 2.53. The molecule has 3 aliphatic rings. The van der Waals surface area contributed by atoms with Crippen LogP contribution in [0.3, 0.4) is 0 Å². The van der Waals surface area contributed by atoms with E-state index in [2.05, 4.69) is 23.8 Å². The van der Waals surface area contributed by atoms with E-state index in [-0.39, 0.29) is 10.3 Å². The van der Waals surface area contributed by atoms with Crippen LogP contribution in [0, 0.1) is 24.2 Å². The minimum atomic E-state index is -3.62. The first kappa shape index (κ1) is 18.9. The first-order chi connectivity index (χ1) is 12.7. The van der Waals surface area contributed by atoms with E-state index < -0.39 is 15.8 Å². The van der Waals surface area contributed by atoms with Gasteiger partial charge < -0.3 is 9.47 Å². The van der Waals surface area contributed by atoms with Crippen molar-refractivity contribution in [1.82, 2.24) is 4.83 Å². The molecule has 0 radical (unpaired) electrons. The van der Waals surface area contributed by atoms with Crippen molar-refractivity contribution in [3.8, 4) is 0 Å². The molecule has 1 aliphatic heterocycles. The molecule has 1 saturated heterocycles. The standard InChI is InChI=1S/C20H28N2O4S/c1-14-4-6-18(7-5-14)27(23,24)22-21-17-8-15-10-20(11-16(15)9-17)25-12-19(2,3)13-26-20/h4-7,15-16,22H,8-13H2,1-3H3/t15-,16+. The van der Waals surface area contributed by atoms with Gasteiger partial charge in [0.25, 0.3) is 10.0 Å². The zero-order chi connectivity index (χ0) is 19.3. The van der Waals surface area contributed by atoms with E-state index >= 15 is 0 Å². The molecule has 2 saturated carbocycles. The fourth-order valence-corrected chi connectivity index (χ4v) is 5.19. The summed E-state index contributed by atoms with van der Waals surface area (Å²) in [4.78, 5) is 2.64. The van der Waals surface area contributed by atoms with Crippen LogP contribution in [-0.2, 0) is 19.5 Å². The van der Waals surface area contributed by atoms with Gasteiger partial charge in [-0.15, -0.1) is 0 Å². The third-order valence-electron chi connectivity index (χ3n) is 5.92. The minimum Gasteiger partial charge on any atom is -0.349 e. The molecule has 2 atom stereocenters. The van der Waals surface area contributed by atoms with Gasteiger partial charge in [-0.1, -0.05) is 31.5 Å². The Bertz CT molecular complexity index is 817. The maximum absolute atomic E-state index is 12.4. The number of aryl methyl sites for hydroxylation is 1. The summed E-state index contributed by atoms with van der Waals surface area (Å²) in [5.74, 6) is 0.473. The average molecular weight is 393 g/mol. The van der Waals surface area contributed by atoms with Crippen LogP contribution in [0.5, 0.6) is 0 Å². The number of benzene rings is 1. The molecular formula is C20H28N2O4S. The number of hydrogen-bond acceptors (Lipinski definition) is 5. The van der Waals surface area contributed by atoms with Crippen LogP contribution >= 0.6 is 0 Å². The lowest BCUT2D eigenvalue weighted by molar-refractivity contribution is -0.297. The van der Waals surface area contributed by atoms with Crippen molar-refractivity contribution in [2.24, 2.45) is 22.4 Å². The maximum Gasteiger partial charge on any atom is 0.276 e. The van der Waals surface area contributed by atoms with E-state index in [1.165, 1.54) is 0 Å². The Balaban J connectivity index is 1.37. The summed E-state index contributed by atoms with van der Waals surface area (Å²) < 4.78 is 37.0. The lowest BCUT2D eigenvalue weighted by Crippen LogP contribution is -2.46. The van der Waals surface area contributed by atoms with Crippen LogP contribution in [-0.4, -0.2) is 33.1 Å². The number of sulfonamides is 1. The third kappa shape index (κ3) is 3.91. The van der Waals surface area contributed by atoms with Crippen molar-refractivity contribution in [2.75, 3.05) is 13.2 Å². The second-order valence-electron chi connectivity index (χ2n) is 9.07. The van der Waals surface area contributed by atoms with E-state index in [1.807, 2.05) is 6.92 Å². The Labute approximate surface area is 161 Å². The summed E-state index contributed by atoms with van der Waals surface area (Å²) in [5.41, 5.74) is 2.02. The largest absolute Gasteiger partial charge is 0.349 e. The summed E-state index contributed by atoms with van der Waals surface area (Å²) in [5, 5.41) is 4.23. The number of nitrogens with one attached hydrogen (secondary N) is 1. The van der Waals surface area contributed by atoms with Gasteiger partial charge in [0.15, 0.2) is 5.79 Å². The predicted molar refractivity (Wildman–Crippen MR) is 103 cm³/mol. The molecule has 1 aromatic carbocycles. The van der Waals surface area contributed by atoms with Crippen LogP contribution < -0.4 is 4.83 Å². The molecule has 7 heteroatoms. The van der Waals surface area contributed by atoms with Gasteiger partial charge in [0, 0.05) is 24.0 Å². The fourth-order valence-electron chi connectivity index (χ4n) is 4.34. The molecule has 1 aromatic rings. The summed E-state index contributed by atoms with van der Waals surface area (Å²) in [6.45, 7) is 7.68. The van der Waals surface area contributed by atoms with Crippen molar-refractivity contribution in [3.63, 3.8) is 0 Å². The first-order valence-electron chi connectivity index (χ1n) is 9.58. The minimum absolute atomic E-state index is 0.0732. The van der Waals surface area contributed by atoms with Gasteiger partial charge in [0.1, 0.15) is 0 Å². The Kier molecular flexibility index (Phi) is 4.60. The maximum atomic E-state index is 12.4. The van der Waals surface area contributed by atoms with Crippen LogP contribution in [0.2, 0.25) is 0 Å². The van der Waals surface area contributed by atoms with E-state index in [9.17, 15) is 8.42 Å². The second-order valence-corrected chi connectivity index (χ2v) is 10.7. The highest BCUT2D eigenvalue weighted by molar-refractivity contribution is 7.89. The number of fused-ring (bicyclic) bond motifs is 1. The lowest BCUT2D eigenvalue weighted by atomic mass is 9.94. The molecule has 148 valence electrons. The van der Waals surface area contributed by atoms with Crippen LogP contribution in [0.15, 0.2) is 34.3 Å². The quantitative estimate of drug-likeness (QED) is 0.802. The summed E-state index contributed by atoms with van der Waals surface area (Å²) in [6.07, 6.45) is 3.35. The first-order valence-corrected chi connectivity index (χ1v) is 11.1. The molecule has 0 unspecified atom stereocenters. The lowest BCUT2D eigenvalue weighted by Gasteiger charge is -2.42. The molecule has 1 heterocycles. The van der Waals surface area contributed by atoms with Crippen molar-refractivity contribution in [1.29, 1.82) is 0 Å². The van der Waals surface area contributed by atoms with E-state index in [0.29, 0.717) is 11.8 Å². The normalized spacial score (nSPS) is 30.6. The van der Waals surface area contributed by atoms with Gasteiger partial charge in [-0.25, -0.2) is 4.83 Å². The number of ether oxygens (including phenoxy) is 2. The van der Waals surface area contributed by atoms with Gasteiger partial charge in [-0.3, -0.25) is 0 Å². The zero-order valence-electron chi connectivity index (χ0n) is 16.2. The molecule has 0 amide bonds. The van der Waals surface area contributed by atoms with Crippen LogP contribution in [0.4, 0.5) is 0 Å². The molecular weight excluding hydrogens is 364 g/mol. The summed E-state index contributed by atoms with van der Waals surface area (Å²) in [7, 11) is -3.62.